The van der Waals surface area contributed by atoms with Crippen molar-refractivity contribution in [1.82, 2.24) is 0 Å². The van der Waals surface area contributed by atoms with E-state index in [1.54, 1.807) is 7.11 Å². The Labute approximate surface area is 226 Å². The van der Waals surface area contributed by atoms with Gasteiger partial charge in [-0.3, -0.25) is 4.79 Å². The van der Waals surface area contributed by atoms with Gasteiger partial charge in [0.25, 0.3) is 0 Å². The van der Waals surface area contributed by atoms with Crippen LogP contribution in [-0.4, -0.2) is 26.6 Å². The van der Waals surface area contributed by atoms with Crippen LogP contribution in [0, 0.1) is 58.0 Å². The number of rotatable bonds is 9. The minimum atomic E-state index is -2.10. The number of allylic oxidation sites excluding steroid dienone is 1. The number of hydrogen-bond acceptors (Lipinski definition) is 2. The molecule has 0 aromatic rings. The molecule has 2 aliphatic carbocycles. The van der Waals surface area contributed by atoms with Crippen LogP contribution in [-0.2, 0) is 40.8 Å². The summed E-state index contributed by atoms with van der Waals surface area (Å²) in [5.41, 5.74) is 2.26. The number of hydrogen-bond donors (Lipinski definition) is 0. The first-order valence-corrected chi connectivity index (χ1v) is 13.9. The van der Waals surface area contributed by atoms with Crippen LogP contribution in [0.1, 0.15) is 74.1 Å². The minimum Gasteiger partial charge on any atom is 0 e. The molecular formula is C28H40CrO5Si. The van der Waals surface area contributed by atoms with Crippen molar-refractivity contribution in [2.45, 2.75) is 96.4 Å². The number of unbranched alkanes of at least 4 members (excludes halogenated alkanes) is 1. The average Bonchev–Trinajstić information content (AvgIpc) is 3.14. The fraction of sp³-hybridized carbons (Fsp3) is 0.571. The van der Waals surface area contributed by atoms with E-state index in [4.69, 9.17) is 18.7 Å². The third-order valence-corrected chi connectivity index (χ3v) is 14.2. The van der Waals surface area contributed by atoms with Crippen molar-refractivity contribution in [2.24, 2.45) is 0 Å². The van der Waals surface area contributed by atoms with Gasteiger partial charge >= 0.3 is 33.9 Å². The summed E-state index contributed by atoms with van der Waals surface area (Å²) < 4.78 is 28.7. The molecule has 0 spiro atoms. The largest absolute Gasteiger partial charge is 0 e. The summed E-state index contributed by atoms with van der Waals surface area (Å²) in [6.45, 7) is 29.8. The number of ketones is 1. The van der Waals surface area contributed by atoms with Crippen molar-refractivity contribution in [1.29, 1.82) is 0 Å². The van der Waals surface area contributed by atoms with E-state index in [0.717, 1.165) is 19.3 Å². The van der Waals surface area contributed by atoms with Crippen molar-refractivity contribution < 1.29 is 40.8 Å². The molecule has 1 saturated carbocycles. The topological polar surface area (TPSA) is 86.0 Å². The third-order valence-electron chi connectivity index (χ3n) is 7.12. The van der Waals surface area contributed by atoms with Gasteiger partial charge < -0.3 is 4.74 Å². The average molecular weight is 537 g/mol. The molecule has 1 atom stereocenters. The van der Waals surface area contributed by atoms with Gasteiger partial charge in [0.05, 0.1) is 13.7 Å². The first kappa shape index (κ1) is 38.9. The van der Waals surface area contributed by atoms with Crippen LogP contribution in [0.2, 0.25) is 16.6 Å². The fourth-order valence-corrected chi connectivity index (χ4v) is 13.2. The van der Waals surface area contributed by atoms with E-state index < -0.39 is 13.7 Å². The van der Waals surface area contributed by atoms with E-state index >= 15 is 0 Å². The molecule has 0 aromatic heterocycles. The maximum absolute atomic E-state index is 13.8. The Bertz CT molecular complexity index is 666. The molecule has 5 nitrogen and oxygen atoms in total. The van der Waals surface area contributed by atoms with Crippen LogP contribution in [0.4, 0.5) is 0 Å². The Morgan fingerprint density at radius 3 is 1.69 bits per heavy atom. The van der Waals surface area contributed by atoms with Crippen molar-refractivity contribution in [3.05, 3.63) is 68.7 Å². The van der Waals surface area contributed by atoms with E-state index in [1.807, 2.05) is 0 Å². The van der Waals surface area contributed by atoms with Gasteiger partial charge in [-0.15, -0.1) is 0 Å². The van der Waals surface area contributed by atoms with Crippen LogP contribution < -0.4 is 0 Å². The zero-order valence-electron chi connectivity index (χ0n) is 22.4. The Balaban J connectivity index is -0.00000135. The summed E-state index contributed by atoms with van der Waals surface area (Å²) in [5.74, 6) is 1.53. The van der Waals surface area contributed by atoms with E-state index in [2.05, 4.69) is 101 Å². The number of carbonyl (C=O) groups is 1. The summed E-state index contributed by atoms with van der Waals surface area (Å²) in [7, 11) is -0.294. The molecule has 35 heavy (non-hydrogen) atoms. The number of carbonyl (C=O) groups excluding carboxylic acids is 1. The first-order valence-electron chi connectivity index (χ1n) is 11.7. The monoisotopic (exact) mass is 536 g/mol. The van der Waals surface area contributed by atoms with Gasteiger partial charge in [0.2, 0.25) is 0 Å². The van der Waals surface area contributed by atoms with Gasteiger partial charge in [-0.05, 0) is 65.9 Å². The molecule has 0 amide bonds. The summed E-state index contributed by atoms with van der Waals surface area (Å²) >= 11 is 0. The number of methoxy groups -OCH3 is 1. The molecule has 0 aromatic carbocycles. The van der Waals surface area contributed by atoms with E-state index in [0.29, 0.717) is 28.8 Å². The quantitative estimate of drug-likeness (QED) is 0.190. The second kappa shape index (κ2) is 19.5. The molecule has 192 valence electrons. The number of Topliss-reactive ketones (excluding diaryl/α,β-unsaturated/α-hetero) is 1. The molecule has 0 bridgehead atoms. The van der Waals surface area contributed by atoms with Crippen LogP contribution in [0.15, 0.2) is 10.8 Å². The third kappa shape index (κ3) is 8.43. The van der Waals surface area contributed by atoms with Gasteiger partial charge in [0.15, 0.2) is 5.78 Å². The van der Waals surface area contributed by atoms with Crippen molar-refractivity contribution in [3.63, 3.8) is 0 Å². The van der Waals surface area contributed by atoms with Gasteiger partial charge in [-0.1, -0.05) is 61.3 Å². The molecule has 2 rings (SSSR count). The Morgan fingerprint density at radius 2 is 1.34 bits per heavy atom. The van der Waals surface area contributed by atoms with Gasteiger partial charge in [-0.25, -0.2) is 0 Å². The molecular weight excluding hydrogens is 496 g/mol. The van der Waals surface area contributed by atoms with Crippen LogP contribution in [0.25, 0.3) is 0 Å². The molecule has 0 saturated heterocycles. The predicted molar refractivity (Wildman–Crippen MR) is 133 cm³/mol. The molecule has 2 aliphatic rings. The zero-order valence-corrected chi connectivity index (χ0v) is 24.7. The zero-order chi connectivity index (χ0) is 27.1. The van der Waals surface area contributed by atoms with Crippen molar-refractivity contribution in [3.8, 4) is 0 Å². The Hall–Kier alpha value is -0.661. The first-order chi connectivity index (χ1) is 16.2. The molecule has 0 aliphatic heterocycles. The van der Waals surface area contributed by atoms with E-state index in [9.17, 15) is 4.79 Å². The van der Waals surface area contributed by atoms with E-state index in [1.165, 1.54) is 16.7 Å². The standard InChI is InChI=1S/C25H40O2Si.3CO.Cr/c1-9-10-16-25(27-8)17-22(26)24(23(25)21-14-12-11-13-15-21)28(18(2)3,19(4)5)20(6)7;3*1-2;/h11-15,18-20H,9-10,16-17H2,1-8H3;;;;. The van der Waals surface area contributed by atoms with Crippen LogP contribution in [0.5, 0.6) is 0 Å². The smallest absolute Gasteiger partial charge is 0 e. The maximum Gasteiger partial charge on any atom is 0 e. The van der Waals surface area contributed by atoms with Gasteiger partial charge in [-0.2, -0.15) is 0 Å². The summed E-state index contributed by atoms with van der Waals surface area (Å²) in [5, 5.41) is 1.18. The second-order valence-electron chi connectivity index (χ2n) is 9.42. The molecule has 1 unspecified atom stereocenters. The molecule has 7 heteroatoms. The molecule has 6 radical (unpaired) electrons. The predicted octanol–water partition coefficient (Wildman–Crippen LogP) is 6.54. The summed E-state index contributed by atoms with van der Waals surface area (Å²) in [6, 6.07) is 0. The van der Waals surface area contributed by atoms with Crippen LogP contribution >= 0.6 is 0 Å². The van der Waals surface area contributed by atoms with Crippen LogP contribution in [0.3, 0.4) is 0 Å². The van der Waals surface area contributed by atoms with E-state index in [-0.39, 0.29) is 17.4 Å². The van der Waals surface area contributed by atoms with Gasteiger partial charge in [0.1, 0.15) is 0 Å². The Morgan fingerprint density at radius 1 is 0.914 bits per heavy atom. The Kier molecular flexibility index (Phi) is 21.6. The molecule has 0 heterocycles. The SMILES string of the molecule is CCCCC1(OC)CC(=O)C([Si](C(C)C)(C(C)C)C(C)C)=C1[C]1[CH][CH][CH][CH][CH]1.[C-]#[O+].[C-]#[O+].[C-]#[O+].[Cr]. The molecule has 0 N–H and O–H groups in total. The summed E-state index contributed by atoms with van der Waals surface area (Å²) in [6.07, 6.45) is 14.2. The van der Waals surface area contributed by atoms with Crippen molar-refractivity contribution in [2.75, 3.05) is 7.11 Å². The minimum absolute atomic E-state index is 0. The maximum atomic E-state index is 13.8. The van der Waals surface area contributed by atoms with Gasteiger partial charge in [0, 0.05) is 36.8 Å². The second-order valence-corrected chi connectivity index (χ2v) is 15.2. The normalized spacial score (nSPS) is 20.2. The fourth-order valence-electron chi connectivity index (χ4n) is 6.09. The molecule has 1 fully saturated rings. The van der Waals surface area contributed by atoms with Crippen molar-refractivity contribution >= 4 is 13.9 Å². The summed E-state index contributed by atoms with van der Waals surface area (Å²) in [4.78, 5) is 13.8. The number of ether oxygens (including phenoxy) is 1.